The summed E-state index contributed by atoms with van der Waals surface area (Å²) in [6.45, 7) is 7.33. The standard InChI is InChI=1S/C14H18BrNO3/c1-3-16(4-2)9-12(17)10-7-13-14(8-11(10)15)19-6-5-18-13/h7-8H,3-6,9H2,1-2H3. The van der Waals surface area contributed by atoms with Crippen LogP contribution in [0.15, 0.2) is 16.6 Å². The van der Waals surface area contributed by atoms with Crippen molar-refractivity contribution in [3.05, 3.63) is 22.2 Å². The number of ether oxygens (including phenoxy) is 2. The summed E-state index contributed by atoms with van der Waals surface area (Å²) in [6, 6.07) is 3.58. The SMILES string of the molecule is CCN(CC)CC(=O)c1cc2c(cc1Br)OCCO2. The lowest BCUT2D eigenvalue weighted by Crippen LogP contribution is -2.29. The van der Waals surface area contributed by atoms with Crippen molar-refractivity contribution in [3.8, 4) is 11.5 Å². The molecule has 0 saturated heterocycles. The first kappa shape index (κ1) is 14.3. The quantitative estimate of drug-likeness (QED) is 0.779. The predicted octanol–water partition coefficient (Wildman–Crippen LogP) is 2.74. The molecule has 2 rings (SSSR count). The highest BCUT2D eigenvalue weighted by atomic mass is 79.9. The molecule has 104 valence electrons. The molecule has 1 aromatic carbocycles. The van der Waals surface area contributed by atoms with Crippen molar-refractivity contribution < 1.29 is 14.3 Å². The Morgan fingerprint density at radius 3 is 2.37 bits per heavy atom. The number of hydrogen-bond donors (Lipinski definition) is 0. The molecular weight excluding hydrogens is 310 g/mol. The predicted molar refractivity (Wildman–Crippen MR) is 77.3 cm³/mol. The van der Waals surface area contributed by atoms with E-state index in [1.54, 1.807) is 6.07 Å². The van der Waals surface area contributed by atoms with Gasteiger partial charge in [0.2, 0.25) is 0 Å². The van der Waals surface area contributed by atoms with Crippen LogP contribution in [-0.2, 0) is 0 Å². The van der Waals surface area contributed by atoms with Crippen LogP contribution in [-0.4, -0.2) is 43.5 Å². The van der Waals surface area contributed by atoms with Crippen molar-refractivity contribution in [2.45, 2.75) is 13.8 Å². The van der Waals surface area contributed by atoms with Gasteiger partial charge in [0.15, 0.2) is 17.3 Å². The van der Waals surface area contributed by atoms with E-state index in [1.165, 1.54) is 0 Å². The highest BCUT2D eigenvalue weighted by molar-refractivity contribution is 9.10. The van der Waals surface area contributed by atoms with E-state index >= 15 is 0 Å². The fraction of sp³-hybridized carbons (Fsp3) is 0.500. The summed E-state index contributed by atoms with van der Waals surface area (Å²) < 4.78 is 11.8. The van der Waals surface area contributed by atoms with E-state index in [1.807, 2.05) is 6.07 Å². The van der Waals surface area contributed by atoms with E-state index in [0.29, 0.717) is 36.8 Å². The molecule has 1 heterocycles. The number of rotatable bonds is 5. The number of fused-ring (bicyclic) bond motifs is 1. The van der Waals surface area contributed by atoms with E-state index in [-0.39, 0.29) is 5.78 Å². The molecule has 0 amide bonds. The van der Waals surface area contributed by atoms with E-state index in [4.69, 9.17) is 9.47 Å². The number of nitrogens with zero attached hydrogens (tertiary/aromatic N) is 1. The van der Waals surface area contributed by atoms with Crippen molar-refractivity contribution in [2.75, 3.05) is 32.8 Å². The second-order valence-corrected chi connectivity index (χ2v) is 5.21. The summed E-state index contributed by atoms with van der Waals surface area (Å²) in [5.41, 5.74) is 0.649. The molecule has 0 fully saturated rings. The van der Waals surface area contributed by atoms with Gasteiger partial charge in [0.05, 0.1) is 6.54 Å². The third kappa shape index (κ3) is 3.28. The minimum Gasteiger partial charge on any atom is -0.486 e. The Labute approximate surface area is 121 Å². The Hall–Kier alpha value is -1.07. The molecule has 0 atom stereocenters. The number of carbonyl (C=O) groups excluding carboxylic acids is 1. The van der Waals surface area contributed by atoms with Crippen LogP contribution in [0.1, 0.15) is 24.2 Å². The molecule has 0 aliphatic carbocycles. The maximum absolute atomic E-state index is 12.3. The fourth-order valence-corrected chi connectivity index (χ4v) is 2.56. The normalized spacial score (nSPS) is 13.7. The van der Waals surface area contributed by atoms with Gasteiger partial charge in [-0.25, -0.2) is 0 Å². The van der Waals surface area contributed by atoms with Crippen LogP contribution in [0, 0.1) is 0 Å². The highest BCUT2D eigenvalue weighted by Gasteiger charge is 2.19. The number of hydrogen-bond acceptors (Lipinski definition) is 4. The first-order valence-electron chi connectivity index (χ1n) is 6.50. The van der Waals surface area contributed by atoms with Crippen LogP contribution in [0.4, 0.5) is 0 Å². The molecule has 0 saturated carbocycles. The molecule has 1 aromatic rings. The lowest BCUT2D eigenvalue weighted by Gasteiger charge is -2.21. The summed E-state index contributed by atoms with van der Waals surface area (Å²) in [6.07, 6.45) is 0. The second kappa shape index (κ2) is 6.39. The van der Waals surface area contributed by atoms with Crippen LogP contribution in [0.3, 0.4) is 0 Å². The Kier molecular flexibility index (Phi) is 4.82. The second-order valence-electron chi connectivity index (χ2n) is 4.36. The Morgan fingerprint density at radius 1 is 1.21 bits per heavy atom. The Balaban J connectivity index is 2.22. The summed E-state index contributed by atoms with van der Waals surface area (Å²) in [4.78, 5) is 14.4. The zero-order valence-corrected chi connectivity index (χ0v) is 12.8. The van der Waals surface area contributed by atoms with Crippen LogP contribution < -0.4 is 9.47 Å². The van der Waals surface area contributed by atoms with Gasteiger partial charge in [-0.2, -0.15) is 0 Å². The first-order chi connectivity index (χ1) is 9.15. The minimum atomic E-state index is 0.0903. The average Bonchev–Trinajstić information content (AvgIpc) is 2.43. The molecule has 0 N–H and O–H groups in total. The average molecular weight is 328 g/mol. The van der Waals surface area contributed by atoms with Crippen molar-refractivity contribution in [3.63, 3.8) is 0 Å². The topological polar surface area (TPSA) is 38.8 Å². The molecule has 1 aliphatic rings. The summed E-state index contributed by atoms with van der Waals surface area (Å²) >= 11 is 3.43. The van der Waals surface area contributed by atoms with Gasteiger partial charge in [-0.05, 0) is 41.2 Å². The third-order valence-corrected chi connectivity index (χ3v) is 3.85. The lowest BCUT2D eigenvalue weighted by molar-refractivity contribution is 0.0935. The molecule has 0 unspecified atom stereocenters. The van der Waals surface area contributed by atoms with E-state index in [9.17, 15) is 4.79 Å². The number of ketones is 1. The molecule has 4 nitrogen and oxygen atoms in total. The van der Waals surface area contributed by atoms with Gasteiger partial charge >= 0.3 is 0 Å². The lowest BCUT2D eigenvalue weighted by atomic mass is 10.1. The Bertz CT molecular complexity index is 472. The Morgan fingerprint density at radius 2 is 1.79 bits per heavy atom. The number of likely N-dealkylation sites (N-methyl/N-ethyl adjacent to an activating group) is 1. The van der Waals surface area contributed by atoms with E-state index in [2.05, 4.69) is 34.7 Å². The highest BCUT2D eigenvalue weighted by Crippen LogP contribution is 2.35. The van der Waals surface area contributed by atoms with Gasteiger partial charge in [-0.1, -0.05) is 13.8 Å². The molecule has 0 aromatic heterocycles. The van der Waals surface area contributed by atoms with Crippen molar-refractivity contribution in [1.29, 1.82) is 0 Å². The number of benzene rings is 1. The largest absolute Gasteiger partial charge is 0.486 e. The first-order valence-corrected chi connectivity index (χ1v) is 7.29. The molecule has 0 radical (unpaired) electrons. The molecule has 0 bridgehead atoms. The summed E-state index contributed by atoms with van der Waals surface area (Å²) in [7, 11) is 0. The number of halogens is 1. The molecule has 1 aliphatic heterocycles. The molecule has 19 heavy (non-hydrogen) atoms. The van der Waals surface area contributed by atoms with Gasteiger partial charge in [0, 0.05) is 10.0 Å². The zero-order chi connectivity index (χ0) is 13.8. The van der Waals surface area contributed by atoms with Crippen LogP contribution >= 0.6 is 15.9 Å². The van der Waals surface area contributed by atoms with Crippen molar-refractivity contribution in [2.24, 2.45) is 0 Å². The van der Waals surface area contributed by atoms with Crippen LogP contribution in [0.25, 0.3) is 0 Å². The molecular formula is C14H18BrNO3. The smallest absolute Gasteiger partial charge is 0.178 e. The van der Waals surface area contributed by atoms with Crippen molar-refractivity contribution >= 4 is 21.7 Å². The number of carbonyl (C=O) groups is 1. The van der Waals surface area contributed by atoms with Gasteiger partial charge in [-0.15, -0.1) is 0 Å². The van der Waals surface area contributed by atoms with Crippen LogP contribution in [0.2, 0.25) is 0 Å². The van der Waals surface area contributed by atoms with Crippen LogP contribution in [0.5, 0.6) is 11.5 Å². The fourth-order valence-electron chi connectivity index (χ4n) is 2.01. The maximum atomic E-state index is 12.3. The van der Waals surface area contributed by atoms with Gasteiger partial charge < -0.3 is 9.47 Å². The maximum Gasteiger partial charge on any atom is 0.178 e. The van der Waals surface area contributed by atoms with Gasteiger partial charge in [0.25, 0.3) is 0 Å². The van der Waals surface area contributed by atoms with Gasteiger partial charge in [-0.3, -0.25) is 9.69 Å². The monoisotopic (exact) mass is 327 g/mol. The van der Waals surface area contributed by atoms with Crippen molar-refractivity contribution in [1.82, 2.24) is 4.90 Å². The van der Waals surface area contributed by atoms with E-state index in [0.717, 1.165) is 17.6 Å². The summed E-state index contributed by atoms with van der Waals surface area (Å²) in [5, 5.41) is 0. The minimum absolute atomic E-state index is 0.0903. The zero-order valence-electron chi connectivity index (χ0n) is 11.2. The summed E-state index contributed by atoms with van der Waals surface area (Å²) in [5.74, 6) is 1.43. The van der Waals surface area contributed by atoms with Gasteiger partial charge in [0.1, 0.15) is 13.2 Å². The number of Topliss-reactive ketones (excluding diaryl/α,β-unsaturated/α-hetero) is 1. The third-order valence-electron chi connectivity index (χ3n) is 3.19. The molecule has 5 heteroatoms. The van der Waals surface area contributed by atoms with E-state index < -0.39 is 0 Å². The molecule has 0 spiro atoms.